The molecular formula is C10H13BrClNO. The number of nitrogens with zero attached hydrogens (tertiary/aromatic N) is 1. The van der Waals surface area contributed by atoms with Gasteiger partial charge in [0.1, 0.15) is 0 Å². The second-order valence-corrected chi connectivity index (χ2v) is 4.60. The van der Waals surface area contributed by atoms with Crippen LogP contribution in [0.25, 0.3) is 0 Å². The third-order valence-electron chi connectivity index (χ3n) is 2.20. The molecule has 0 spiro atoms. The van der Waals surface area contributed by atoms with Crippen molar-refractivity contribution < 1.29 is 5.21 Å². The number of benzene rings is 1. The first-order valence-electron chi connectivity index (χ1n) is 4.27. The van der Waals surface area contributed by atoms with Crippen molar-refractivity contribution in [2.75, 3.05) is 7.05 Å². The first-order valence-corrected chi connectivity index (χ1v) is 5.44. The van der Waals surface area contributed by atoms with Crippen LogP contribution >= 0.6 is 27.5 Å². The van der Waals surface area contributed by atoms with E-state index in [1.54, 1.807) is 7.05 Å². The molecule has 0 saturated carbocycles. The molecule has 1 rings (SSSR count). The summed E-state index contributed by atoms with van der Waals surface area (Å²) in [7, 11) is 1.61. The van der Waals surface area contributed by atoms with Gasteiger partial charge >= 0.3 is 0 Å². The lowest BCUT2D eigenvalue weighted by Gasteiger charge is -2.14. The average Bonchev–Trinajstić information content (AvgIpc) is 2.10. The van der Waals surface area contributed by atoms with Gasteiger partial charge in [-0.05, 0) is 36.6 Å². The van der Waals surface area contributed by atoms with Gasteiger partial charge in [0, 0.05) is 23.1 Å². The van der Waals surface area contributed by atoms with Crippen molar-refractivity contribution in [1.82, 2.24) is 5.06 Å². The summed E-state index contributed by atoms with van der Waals surface area (Å²) in [4.78, 5) is 0. The van der Waals surface area contributed by atoms with Gasteiger partial charge in [0.2, 0.25) is 0 Å². The van der Waals surface area contributed by atoms with Crippen molar-refractivity contribution in [1.29, 1.82) is 0 Å². The SMILES string of the molecule is Cc1c(Cl)cc(CN(C)O)c(C)c1Br. The molecule has 0 heterocycles. The number of halogens is 2. The quantitative estimate of drug-likeness (QED) is 0.837. The van der Waals surface area contributed by atoms with Gasteiger partial charge in [-0.25, -0.2) is 0 Å². The Labute approximate surface area is 97.6 Å². The normalized spacial score (nSPS) is 11.1. The van der Waals surface area contributed by atoms with Crippen LogP contribution in [-0.4, -0.2) is 17.3 Å². The van der Waals surface area contributed by atoms with Crippen LogP contribution in [0.15, 0.2) is 10.5 Å². The van der Waals surface area contributed by atoms with Gasteiger partial charge in [-0.15, -0.1) is 0 Å². The Bertz CT molecular complexity index is 352. The maximum atomic E-state index is 9.16. The van der Waals surface area contributed by atoms with E-state index in [0.29, 0.717) is 6.54 Å². The third-order valence-corrected chi connectivity index (χ3v) is 3.78. The first kappa shape index (κ1) is 12.0. The van der Waals surface area contributed by atoms with E-state index in [4.69, 9.17) is 16.8 Å². The topological polar surface area (TPSA) is 23.5 Å². The lowest BCUT2D eigenvalue weighted by Crippen LogP contribution is -2.13. The zero-order chi connectivity index (χ0) is 10.9. The predicted octanol–water partition coefficient (Wildman–Crippen LogP) is 3.54. The monoisotopic (exact) mass is 277 g/mol. The van der Waals surface area contributed by atoms with Gasteiger partial charge in [0.15, 0.2) is 0 Å². The van der Waals surface area contributed by atoms with Gasteiger partial charge in [0.05, 0.1) is 0 Å². The third kappa shape index (κ3) is 2.48. The molecule has 0 aromatic heterocycles. The molecule has 0 bridgehead atoms. The van der Waals surface area contributed by atoms with E-state index >= 15 is 0 Å². The number of hydrogen-bond donors (Lipinski definition) is 1. The van der Waals surface area contributed by atoms with Crippen LogP contribution in [0, 0.1) is 13.8 Å². The number of rotatable bonds is 2. The largest absolute Gasteiger partial charge is 0.314 e. The zero-order valence-corrected chi connectivity index (χ0v) is 10.8. The Morgan fingerprint density at radius 2 is 2.00 bits per heavy atom. The Hall–Kier alpha value is -0.0900. The second-order valence-electron chi connectivity index (χ2n) is 3.40. The number of hydrogen-bond acceptors (Lipinski definition) is 2. The van der Waals surface area contributed by atoms with Crippen molar-refractivity contribution >= 4 is 27.5 Å². The van der Waals surface area contributed by atoms with Gasteiger partial charge in [-0.1, -0.05) is 27.5 Å². The fourth-order valence-electron chi connectivity index (χ4n) is 1.31. The lowest BCUT2D eigenvalue weighted by molar-refractivity contribution is -0.0733. The Morgan fingerprint density at radius 1 is 1.43 bits per heavy atom. The number of hydroxylamine groups is 2. The van der Waals surface area contributed by atoms with Crippen LogP contribution in [-0.2, 0) is 6.54 Å². The Morgan fingerprint density at radius 3 is 2.50 bits per heavy atom. The van der Waals surface area contributed by atoms with Gasteiger partial charge in [0.25, 0.3) is 0 Å². The molecule has 0 atom stereocenters. The maximum Gasteiger partial charge on any atom is 0.0489 e. The summed E-state index contributed by atoms with van der Waals surface area (Å²) < 4.78 is 1.02. The van der Waals surface area contributed by atoms with Crippen LogP contribution in [0.4, 0.5) is 0 Å². The molecule has 0 amide bonds. The van der Waals surface area contributed by atoms with E-state index in [9.17, 15) is 0 Å². The summed E-state index contributed by atoms with van der Waals surface area (Å²) in [5.74, 6) is 0. The lowest BCUT2D eigenvalue weighted by atomic mass is 10.1. The minimum Gasteiger partial charge on any atom is -0.314 e. The fourth-order valence-corrected chi connectivity index (χ4v) is 2.12. The highest BCUT2D eigenvalue weighted by Crippen LogP contribution is 2.30. The van der Waals surface area contributed by atoms with E-state index in [0.717, 1.165) is 31.2 Å². The molecule has 1 aromatic rings. The zero-order valence-electron chi connectivity index (χ0n) is 8.43. The smallest absolute Gasteiger partial charge is 0.0489 e. The van der Waals surface area contributed by atoms with Gasteiger partial charge in [-0.3, -0.25) is 0 Å². The first-order chi connectivity index (χ1) is 6.43. The highest BCUT2D eigenvalue weighted by molar-refractivity contribution is 9.10. The molecule has 1 N–H and O–H groups in total. The molecule has 4 heteroatoms. The summed E-state index contributed by atoms with van der Waals surface area (Å²) in [6.07, 6.45) is 0. The summed E-state index contributed by atoms with van der Waals surface area (Å²) in [6, 6.07) is 1.89. The molecule has 0 aliphatic rings. The van der Waals surface area contributed by atoms with Crippen LogP contribution in [0.1, 0.15) is 16.7 Å². The minimum absolute atomic E-state index is 0.477. The van der Waals surface area contributed by atoms with E-state index in [1.165, 1.54) is 0 Å². The standard InChI is InChI=1S/C10H13BrClNO/c1-6-8(5-13(3)14)4-9(12)7(2)10(6)11/h4,14H,5H2,1-3H3. The molecule has 0 aliphatic heterocycles. The maximum absolute atomic E-state index is 9.16. The van der Waals surface area contributed by atoms with Crippen LogP contribution in [0.5, 0.6) is 0 Å². The minimum atomic E-state index is 0.477. The highest BCUT2D eigenvalue weighted by Gasteiger charge is 2.10. The van der Waals surface area contributed by atoms with Crippen LogP contribution in [0.2, 0.25) is 5.02 Å². The fraction of sp³-hybridized carbons (Fsp3) is 0.400. The van der Waals surface area contributed by atoms with E-state index in [1.807, 2.05) is 19.9 Å². The second kappa shape index (κ2) is 4.62. The molecule has 0 unspecified atom stereocenters. The van der Waals surface area contributed by atoms with Crippen molar-refractivity contribution in [3.63, 3.8) is 0 Å². The van der Waals surface area contributed by atoms with Gasteiger partial charge in [-0.2, -0.15) is 5.06 Å². The summed E-state index contributed by atoms with van der Waals surface area (Å²) in [6.45, 7) is 4.45. The molecule has 0 radical (unpaired) electrons. The summed E-state index contributed by atoms with van der Waals surface area (Å²) in [5, 5.41) is 11.0. The van der Waals surface area contributed by atoms with Crippen molar-refractivity contribution in [2.45, 2.75) is 20.4 Å². The Balaban J connectivity index is 3.19. The molecule has 14 heavy (non-hydrogen) atoms. The van der Waals surface area contributed by atoms with Gasteiger partial charge < -0.3 is 5.21 Å². The van der Waals surface area contributed by atoms with Crippen molar-refractivity contribution in [3.05, 3.63) is 32.3 Å². The molecule has 0 saturated heterocycles. The Kier molecular flexibility index (Phi) is 3.95. The highest BCUT2D eigenvalue weighted by atomic mass is 79.9. The van der Waals surface area contributed by atoms with E-state index < -0.39 is 0 Å². The molecule has 1 aromatic carbocycles. The van der Waals surface area contributed by atoms with Crippen LogP contribution in [0.3, 0.4) is 0 Å². The van der Waals surface area contributed by atoms with E-state index in [2.05, 4.69) is 15.9 Å². The predicted molar refractivity (Wildman–Crippen MR) is 61.9 cm³/mol. The molecule has 0 fully saturated rings. The molecule has 2 nitrogen and oxygen atoms in total. The summed E-state index contributed by atoms with van der Waals surface area (Å²) >= 11 is 9.53. The molecule has 0 aliphatic carbocycles. The summed E-state index contributed by atoms with van der Waals surface area (Å²) in [5.41, 5.74) is 3.18. The molecule has 78 valence electrons. The van der Waals surface area contributed by atoms with Crippen LogP contribution < -0.4 is 0 Å². The molecular weight excluding hydrogens is 265 g/mol. The van der Waals surface area contributed by atoms with Crippen molar-refractivity contribution in [2.24, 2.45) is 0 Å². The average molecular weight is 279 g/mol. The van der Waals surface area contributed by atoms with Crippen molar-refractivity contribution in [3.8, 4) is 0 Å². The van der Waals surface area contributed by atoms with E-state index in [-0.39, 0.29) is 0 Å².